The average Bonchev–Trinajstić information content (AvgIpc) is 3.60. The summed E-state index contributed by atoms with van der Waals surface area (Å²) in [6.45, 7) is 5.93. The number of hydrogen-bond acceptors (Lipinski definition) is 20. The minimum absolute atomic E-state index is 0.119. The molecule has 2 aromatic carbocycles. The van der Waals surface area contributed by atoms with Gasteiger partial charge in [0, 0.05) is 19.8 Å². The number of carbonyl (C=O) groups is 4. The van der Waals surface area contributed by atoms with E-state index in [4.69, 9.17) is 37.9 Å². The molecule has 2 aromatic rings. The maximum Gasteiger partial charge on any atom is 0.407 e. The summed E-state index contributed by atoms with van der Waals surface area (Å²) in [7, 11) is 0. The third kappa shape index (κ3) is 12.1. The number of aliphatic hydroxyl groups is 8. The summed E-state index contributed by atoms with van der Waals surface area (Å²) in [6.07, 6.45) is -24.9. The van der Waals surface area contributed by atoms with E-state index in [0.29, 0.717) is 0 Å². The SMILES string of the molecule is CC(=O)N[C@H]1[C@H](OC[C@H]2O[C@H](O[C@H](C)[C@H](NC(=O)OCC3c4ccccc4-c4ccccc43)C(=O)OC(C)(C)C)[C@H](NC(C)=O)[C@@H](O[C@@H]3O[C@H](CO)[C@H](O)[C@H](O)[C@H]3O)[C@H]2O)O[C@H](CO)[C@@H](O)[C@@H]1O. The third-order valence-electron chi connectivity index (χ3n) is 12.0. The number of rotatable bonds is 16. The van der Waals surface area contributed by atoms with E-state index in [1.165, 1.54) is 6.92 Å². The quantitative estimate of drug-likeness (QED) is 0.0767. The standard InChI is InChI=1S/C45H63N3O20/c1-19(30(40(59)68-45(4,5)6)48-44(60)62-17-26-24-13-9-7-11-22(24)23-12-8-10-14-25(23)26)63-42-32(47-21(3)52)39(67-43-38(58)37(57)34(54)28(16-50)65-43)35(55)29(66-42)18-61-41-31(46-20(2)51)36(56)33(53)27(15-49)64-41/h7-14,19,26-39,41-43,49-50,53-58H,15-18H2,1-6H3,(H,46,51)(H,47,52)(H,48,60)/t19-,27-,28-,29-,30+,31-,32-,33-,34+,35+,36-,37+,38-,39-,41-,42+,43+/m1/s1. The largest absolute Gasteiger partial charge is 0.458 e. The van der Waals surface area contributed by atoms with Crippen molar-refractivity contribution in [2.24, 2.45) is 0 Å². The molecule has 4 aliphatic rings. The zero-order valence-corrected chi connectivity index (χ0v) is 38.3. The second-order valence-electron chi connectivity index (χ2n) is 18.1. The van der Waals surface area contributed by atoms with Crippen LogP contribution in [0.15, 0.2) is 48.5 Å². The van der Waals surface area contributed by atoms with Crippen molar-refractivity contribution >= 4 is 23.9 Å². The van der Waals surface area contributed by atoms with Gasteiger partial charge in [-0.3, -0.25) is 9.59 Å². The summed E-state index contributed by atoms with van der Waals surface area (Å²) in [5, 5.41) is 92.6. The van der Waals surface area contributed by atoms with E-state index in [0.717, 1.165) is 36.1 Å². The number of hydrogen-bond donors (Lipinski definition) is 11. The lowest BCUT2D eigenvalue weighted by Crippen LogP contribution is -2.69. The Labute approximate surface area is 391 Å². The topological polar surface area (TPSA) is 340 Å². The number of carbonyl (C=O) groups excluding carboxylic acids is 4. The molecule has 0 saturated carbocycles. The average molecular weight is 966 g/mol. The third-order valence-corrected chi connectivity index (χ3v) is 12.0. The van der Waals surface area contributed by atoms with E-state index in [9.17, 15) is 60.0 Å². The number of esters is 1. The molecule has 68 heavy (non-hydrogen) atoms. The Hall–Kier alpha value is -4.44. The molecule has 3 heterocycles. The van der Waals surface area contributed by atoms with E-state index >= 15 is 0 Å². The van der Waals surface area contributed by atoms with Gasteiger partial charge in [-0.15, -0.1) is 0 Å². The van der Waals surface area contributed by atoms with E-state index in [1.54, 1.807) is 20.8 Å². The Morgan fingerprint density at radius 1 is 0.662 bits per heavy atom. The van der Waals surface area contributed by atoms with Crippen molar-refractivity contribution in [2.45, 2.75) is 157 Å². The molecule has 3 fully saturated rings. The molecule has 3 amide bonds. The van der Waals surface area contributed by atoms with Gasteiger partial charge in [-0.05, 0) is 49.9 Å². The molecule has 6 rings (SSSR count). The number of benzene rings is 2. The minimum atomic E-state index is -2.00. The molecular formula is C45H63N3O20. The maximum atomic E-state index is 13.9. The van der Waals surface area contributed by atoms with E-state index < -0.39 is 153 Å². The Kier molecular flexibility index (Phi) is 17.5. The first kappa shape index (κ1) is 52.9. The molecule has 3 aliphatic heterocycles. The van der Waals surface area contributed by atoms with Crippen LogP contribution in [-0.2, 0) is 52.3 Å². The van der Waals surface area contributed by atoms with Crippen LogP contribution in [0.2, 0.25) is 0 Å². The van der Waals surface area contributed by atoms with Crippen molar-refractivity contribution in [3.63, 3.8) is 0 Å². The van der Waals surface area contributed by atoms with Crippen molar-refractivity contribution < 1.29 is 97.9 Å². The molecule has 11 N–H and O–H groups in total. The fourth-order valence-electron chi connectivity index (χ4n) is 8.65. The molecular weight excluding hydrogens is 902 g/mol. The van der Waals surface area contributed by atoms with Gasteiger partial charge in [-0.25, -0.2) is 9.59 Å². The zero-order chi connectivity index (χ0) is 49.8. The summed E-state index contributed by atoms with van der Waals surface area (Å²) in [5.74, 6) is -2.70. The molecule has 0 aromatic heterocycles. The highest BCUT2D eigenvalue weighted by Gasteiger charge is 2.54. The van der Waals surface area contributed by atoms with Gasteiger partial charge >= 0.3 is 12.1 Å². The number of fused-ring (bicyclic) bond motifs is 3. The molecule has 23 nitrogen and oxygen atoms in total. The number of alkyl carbamates (subject to hydrolysis) is 1. The lowest BCUT2D eigenvalue weighted by molar-refractivity contribution is -0.352. The molecule has 378 valence electrons. The summed E-state index contributed by atoms with van der Waals surface area (Å²) >= 11 is 0. The Bertz CT molecular complexity index is 2010. The van der Waals surface area contributed by atoms with Gasteiger partial charge in [0.05, 0.1) is 25.9 Å². The number of aliphatic hydroxyl groups excluding tert-OH is 8. The van der Waals surface area contributed by atoms with Crippen LogP contribution in [0.5, 0.6) is 0 Å². The monoisotopic (exact) mass is 965 g/mol. The molecule has 0 unspecified atom stereocenters. The fourth-order valence-corrected chi connectivity index (χ4v) is 8.65. The van der Waals surface area contributed by atoms with Gasteiger partial charge in [-0.2, -0.15) is 0 Å². The predicted molar refractivity (Wildman–Crippen MR) is 231 cm³/mol. The van der Waals surface area contributed by atoms with Crippen LogP contribution in [0.25, 0.3) is 11.1 Å². The van der Waals surface area contributed by atoms with Gasteiger partial charge in [0.1, 0.15) is 85.3 Å². The first-order valence-corrected chi connectivity index (χ1v) is 22.2. The van der Waals surface area contributed by atoms with Gasteiger partial charge < -0.3 is 94.7 Å². The Balaban J connectivity index is 1.29. The van der Waals surface area contributed by atoms with E-state index in [2.05, 4.69) is 16.0 Å². The number of ether oxygens (including phenoxy) is 8. The van der Waals surface area contributed by atoms with Crippen LogP contribution < -0.4 is 16.0 Å². The molecule has 3 saturated heterocycles. The van der Waals surface area contributed by atoms with Crippen molar-refractivity contribution in [2.75, 3.05) is 26.4 Å². The highest BCUT2D eigenvalue weighted by atomic mass is 16.7. The number of nitrogens with one attached hydrogen (secondary N) is 3. The van der Waals surface area contributed by atoms with Crippen molar-refractivity contribution in [3.8, 4) is 11.1 Å². The zero-order valence-electron chi connectivity index (χ0n) is 38.3. The van der Waals surface area contributed by atoms with Crippen LogP contribution in [0.4, 0.5) is 4.79 Å². The van der Waals surface area contributed by atoms with Crippen molar-refractivity contribution in [1.82, 2.24) is 16.0 Å². The summed E-state index contributed by atoms with van der Waals surface area (Å²) in [5.41, 5.74) is 2.76. The predicted octanol–water partition coefficient (Wildman–Crippen LogP) is -2.62. The lowest BCUT2D eigenvalue weighted by atomic mass is 9.94. The first-order valence-electron chi connectivity index (χ1n) is 22.2. The second kappa shape index (κ2) is 22.5. The van der Waals surface area contributed by atoms with Gasteiger partial charge in [0.25, 0.3) is 0 Å². The first-order chi connectivity index (χ1) is 32.1. The number of amides is 3. The van der Waals surface area contributed by atoms with Crippen molar-refractivity contribution in [3.05, 3.63) is 59.7 Å². The van der Waals surface area contributed by atoms with Gasteiger partial charge in [0.2, 0.25) is 11.8 Å². The maximum absolute atomic E-state index is 13.9. The summed E-state index contributed by atoms with van der Waals surface area (Å²) in [6, 6.07) is 10.7. The Morgan fingerprint density at radius 2 is 1.19 bits per heavy atom. The van der Waals surface area contributed by atoms with Crippen LogP contribution >= 0.6 is 0 Å². The summed E-state index contributed by atoms with van der Waals surface area (Å²) < 4.78 is 47.2. The fraction of sp³-hybridized carbons (Fsp3) is 0.644. The van der Waals surface area contributed by atoms with E-state index in [1.807, 2.05) is 48.5 Å². The van der Waals surface area contributed by atoms with E-state index in [-0.39, 0.29) is 12.5 Å². The van der Waals surface area contributed by atoms with Crippen molar-refractivity contribution in [1.29, 1.82) is 0 Å². The Morgan fingerprint density at radius 3 is 1.75 bits per heavy atom. The summed E-state index contributed by atoms with van der Waals surface area (Å²) in [4.78, 5) is 52.6. The molecule has 0 spiro atoms. The second-order valence-corrected chi connectivity index (χ2v) is 18.1. The lowest BCUT2D eigenvalue weighted by Gasteiger charge is -2.48. The van der Waals surface area contributed by atoms with Crippen LogP contribution in [-0.4, -0.2) is 201 Å². The molecule has 17 atom stereocenters. The van der Waals surface area contributed by atoms with Crippen LogP contribution in [0, 0.1) is 0 Å². The van der Waals surface area contributed by atoms with Gasteiger partial charge in [0.15, 0.2) is 24.9 Å². The van der Waals surface area contributed by atoms with Gasteiger partial charge in [-0.1, -0.05) is 48.5 Å². The smallest absolute Gasteiger partial charge is 0.407 e. The molecule has 1 aliphatic carbocycles. The minimum Gasteiger partial charge on any atom is -0.458 e. The molecule has 0 bridgehead atoms. The normalized spacial score (nSPS) is 33.6. The van der Waals surface area contributed by atoms with Crippen LogP contribution in [0.1, 0.15) is 58.6 Å². The van der Waals surface area contributed by atoms with Crippen LogP contribution in [0.3, 0.4) is 0 Å². The molecule has 23 heteroatoms. The molecule has 0 radical (unpaired) electrons. The highest BCUT2D eigenvalue weighted by molar-refractivity contribution is 5.83. The highest BCUT2D eigenvalue weighted by Crippen LogP contribution is 2.44.